The quantitative estimate of drug-likeness (QED) is 0.475. The second kappa shape index (κ2) is 9.37. The van der Waals surface area contributed by atoms with Crippen LogP contribution in [-0.2, 0) is 18.7 Å². The molecule has 0 aromatic heterocycles. The van der Waals surface area contributed by atoms with Crippen LogP contribution in [0.3, 0.4) is 0 Å². The smallest absolute Gasteiger partial charge is 0.261 e. The third-order valence-corrected chi connectivity index (χ3v) is 11.3. The molecule has 31 heavy (non-hydrogen) atoms. The molecule has 0 bridgehead atoms. The van der Waals surface area contributed by atoms with E-state index in [-0.39, 0.29) is 17.1 Å². The van der Waals surface area contributed by atoms with Crippen LogP contribution in [0.4, 0.5) is 0 Å². The van der Waals surface area contributed by atoms with Crippen molar-refractivity contribution in [2.45, 2.75) is 71.0 Å². The van der Waals surface area contributed by atoms with Crippen LogP contribution in [0.1, 0.15) is 48.0 Å². The number of carbonyl (C=O) groups is 1. The Balaban J connectivity index is 1.91. The average molecular weight is 441 g/mol. The van der Waals surface area contributed by atoms with Crippen LogP contribution in [0.15, 0.2) is 60.7 Å². The summed E-state index contributed by atoms with van der Waals surface area (Å²) >= 11 is 0. The molecule has 3 rings (SSSR count). The van der Waals surface area contributed by atoms with E-state index in [2.05, 4.69) is 81.4 Å². The Morgan fingerprint density at radius 2 is 1.48 bits per heavy atom. The first-order valence-corrected chi connectivity index (χ1v) is 13.1. The predicted octanol–water partition coefficient (Wildman–Crippen LogP) is 4.31. The molecule has 1 fully saturated rings. The lowest BCUT2D eigenvalue weighted by atomic mass is 9.94. The summed E-state index contributed by atoms with van der Waals surface area (Å²) in [7, 11) is -2.57. The third kappa shape index (κ3) is 5.01. The van der Waals surface area contributed by atoms with Gasteiger partial charge in [0.15, 0.2) is 5.79 Å². The summed E-state index contributed by atoms with van der Waals surface area (Å²) in [6.07, 6.45) is 1.05. The zero-order chi connectivity index (χ0) is 22.7. The lowest BCUT2D eigenvalue weighted by Crippen LogP contribution is -2.66. The standard InChI is InChI=1S/C26H36O4Si/c1-20-23(29-26(5,6)30-24(20)19-27)17-18-28-31(25(2,3)4,21-13-9-7-10-14-21)22-15-11-8-12-16-22/h7-16,19-20,23-24H,17-18H2,1-6H3/t20-,23+,24+/m1/s1. The van der Waals surface area contributed by atoms with Gasteiger partial charge in [-0.2, -0.15) is 0 Å². The molecule has 0 amide bonds. The number of carbonyl (C=O) groups excluding carboxylic acids is 1. The van der Waals surface area contributed by atoms with Crippen LogP contribution in [0.5, 0.6) is 0 Å². The summed E-state index contributed by atoms with van der Waals surface area (Å²) in [5, 5.41) is 2.46. The highest BCUT2D eigenvalue weighted by Gasteiger charge is 2.50. The maximum atomic E-state index is 11.5. The highest BCUT2D eigenvalue weighted by Crippen LogP contribution is 2.37. The van der Waals surface area contributed by atoms with E-state index in [0.717, 1.165) is 6.29 Å². The molecule has 1 aliphatic heterocycles. The van der Waals surface area contributed by atoms with Gasteiger partial charge in [0.1, 0.15) is 12.4 Å². The minimum absolute atomic E-state index is 0.0201. The second-order valence-electron chi connectivity index (χ2n) is 9.93. The summed E-state index contributed by atoms with van der Waals surface area (Å²) in [6, 6.07) is 21.3. The van der Waals surface area contributed by atoms with E-state index in [1.807, 2.05) is 20.8 Å². The maximum absolute atomic E-state index is 11.5. The van der Waals surface area contributed by atoms with E-state index in [1.165, 1.54) is 10.4 Å². The highest BCUT2D eigenvalue weighted by atomic mass is 28.4. The van der Waals surface area contributed by atoms with Crippen LogP contribution < -0.4 is 10.4 Å². The van der Waals surface area contributed by atoms with Gasteiger partial charge in [-0.25, -0.2) is 0 Å². The Morgan fingerprint density at radius 1 is 0.968 bits per heavy atom. The fourth-order valence-corrected chi connectivity index (χ4v) is 9.29. The maximum Gasteiger partial charge on any atom is 0.261 e. The van der Waals surface area contributed by atoms with Gasteiger partial charge in [0.05, 0.1) is 6.10 Å². The number of aldehydes is 1. The number of hydrogen-bond donors (Lipinski definition) is 0. The number of hydrogen-bond acceptors (Lipinski definition) is 4. The Labute approximate surface area is 188 Å². The van der Waals surface area contributed by atoms with Gasteiger partial charge in [-0.15, -0.1) is 0 Å². The number of benzene rings is 2. The first-order chi connectivity index (χ1) is 14.6. The van der Waals surface area contributed by atoms with Gasteiger partial charge in [-0.1, -0.05) is 88.4 Å². The van der Waals surface area contributed by atoms with E-state index in [9.17, 15) is 4.79 Å². The van der Waals surface area contributed by atoms with Crippen molar-refractivity contribution in [1.29, 1.82) is 0 Å². The molecule has 0 saturated carbocycles. The molecular formula is C26H36O4Si. The minimum atomic E-state index is -2.57. The predicted molar refractivity (Wildman–Crippen MR) is 127 cm³/mol. The largest absolute Gasteiger partial charge is 0.407 e. The molecule has 0 spiro atoms. The Bertz CT molecular complexity index is 805. The van der Waals surface area contributed by atoms with Gasteiger partial charge in [-0.05, 0) is 35.7 Å². The number of ether oxygens (including phenoxy) is 2. The van der Waals surface area contributed by atoms with Crippen molar-refractivity contribution in [3.63, 3.8) is 0 Å². The molecule has 1 aliphatic rings. The summed E-state index contributed by atoms with van der Waals surface area (Å²) in [5.74, 6) is -0.798. The van der Waals surface area contributed by atoms with Crippen molar-refractivity contribution in [1.82, 2.24) is 0 Å². The fourth-order valence-electron chi connectivity index (χ4n) is 4.71. The zero-order valence-electron chi connectivity index (χ0n) is 19.6. The fraction of sp³-hybridized carbons (Fsp3) is 0.500. The van der Waals surface area contributed by atoms with E-state index in [0.29, 0.717) is 13.0 Å². The Morgan fingerprint density at radius 3 is 1.94 bits per heavy atom. The van der Waals surface area contributed by atoms with Crippen LogP contribution >= 0.6 is 0 Å². The third-order valence-electron chi connectivity index (χ3n) is 6.23. The molecule has 2 aromatic carbocycles. The molecule has 3 atom stereocenters. The van der Waals surface area contributed by atoms with Crippen molar-refractivity contribution in [2.24, 2.45) is 5.92 Å². The molecule has 0 N–H and O–H groups in total. The summed E-state index contributed by atoms with van der Waals surface area (Å²) in [6.45, 7) is 13.1. The molecule has 0 unspecified atom stereocenters. The Kier molecular flexibility index (Phi) is 7.21. The topological polar surface area (TPSA) is 44.8 Å². The molecule has 4 nitrogen and oxygen atoms in total. The summed E-state index contributed by atoms with van der Waals surface area (Å²) < 4.78 is 19.0. The molecule has 0 radical (unpaired) electrons. The molecule has 1 heterocycles. The monoisotopic (exact) mass is 440 g/mol. The summed E-state index contributed by atoms with van der Waals surface area (Å²) in [5.41, 5.74) is 0. The van der Waals surface area contributed by atoms with Gasteiger partial charge in [0, 0.05) is 12.5 Å². The second-order valence-corrected chi connectivity index (χ2v) is 14.2. The van der Waals surface area contributed by atoms with Gasteiger partial charge < -0.3 is 18.7 Å². The SMILES string of the molecule is C[C@H]1[C@H](C=O)OC(C)(C)O[C@H]1CCO[Si](c1ccccc1)(c1ccccc1)C(C)(C)C. The first kappa shape index (κ1) is 23.9. The minimum Gasteiger partial charge on any atom is -0.407 e. The van der Waals surface area contributed by atoms with Crippen molar-refractivity contribution in [3.05, 3.63) is 60.7 Å². The molecule has 2 aromatic rings. The highest BCUT2D eigenvalue weighted by molar-refractivity contribution is 6.99. The lowest BCUT2D eigenvalue weighted by Gasteiger charge is -2.45. The molecule has 0 aliphatic carbocycles. The zero-order valence-corrected chi connectivity index (χ0v) is 20.6. The molecule has 1 saturated heterocycles. The van der Waals surface area contributed by atoms with Crippen molar-refractivity contribution >= 4 is 25.0 Å². The van der Waals surface area contributed by atoms with Crippen molar-refractivity contribution in [3.8, 4) is 0 Å². The van der Waals surface area contributed by atoms with Gasteiger partial charge >= 0.3 is 0 Å². The van der Waals surface area contributed by atoms with Crippen molar-refractivity contribution < 1.29 is 18.7 Å². The lowest BCUT2D eigenvalue weighted by molar-refractivity contribution is -0.310. The van der Waals surface area contributed by atoms with E-state index in [4.69, 9.17) is 13.9 Å². The average Bonchev–Trinajstić information content (AvgIpc) is 2.73. The first-order valence-electron chi connectivity index (χ1n) is 11.2. The van der Waals surface area contributed by atoms with Crippen molar-refractivity contribution in [2.75, 3.05) is 6.61 Å². The van der Waals surface area contributed by atoms with Gasteiger partial charge in [0.25, 0.3) is 8.32 Å². The molecule has 168 valence electrons. The van der Waals surface area contributed by atoms with E-state index >= 15 is 0 Å². The number of rotatable bonds is 7. The van der Waals surface area contributed by atoms with Crippen LogP contribution in [0.25, 0.3) is 0 Å². The van der Waals surface area contributed by atoms with Crippen LogP contribution in [0, 0.1) is 5.92 Å². The Hall–Kier alpha value is -1.79. The van der Waals surface area contributed by atoms with E-state index < -0.39 is 20.2 Å². The summed E-state index contributed by atoms with van der Waals surface area (Å²) in [4.78, 5) is 11.5. The van der Waals surface area contributed by atoms with Gasteiger partial charge in [-0.3, -0.25) is 0 Å². The van der Waals surface area contributed by atoms with Gasteiger partial charge in [0.2, 0.25) is 0 Å². The van der Waals surface area contributed by atoms with E-state index in [1.54, 1.807) is 0 Å². The normalized spacial score (nSPS) is 24.0. The molecular weight excluding hydrogens is 404 g/mol. The van der Waals surface area contributed by atoms with Crippen LogP contribution in [0.2, 0.25) is 5.04 Å². The van der Waals surface area contributed by atoms with Crippen LogP contribution in [-0.4, -0.2) is 39.2 Å². The molecule has 5 heteroatoms.